The van der Waals surface area contributed by atoms with Crippen LogP contribution in [0.4, 0.5) is 0 Å². The van der Waals surface area contributed by atoms with Crippen molar-refractivity contribution in [2.24, 2.45) is 5.73 Å². The summed E-state index contributed by atoms with van der Waals surface area (Å²) in [6.45, 7) is 4.83. The first-order chi connectivity index (χ1) is 9.74. The fourth-order valence-electron chi connectivity index (χ4n) is 2.60. The number of ether oxygens (including phenoxy) is 1. The number of carbonyl (C=O) groups excluding carboxylic acids is 1. The molecule has 2 rings (SSSR count). The third-order valence-corrected chi connectivity index (χ3v) is 3.72. The van der Waals surface area contributed by atoms with Gasteiger partial charge in [-0.05, 0) is 50.4 Å². The Labute approximate surface area is 120 Å². The Hall–Kier alpha value is -1.39. The maximum Gasteiger partial charge on any atom is 0.253 e. The van der Waals surface area contributed by atoms with Crippen molar-refractivity contribution in [2.75, 3.05) is 26.2 Å². The lowest BCUT2D eigenvalue weighted by Gasteiger charge is -2.24. The van der Waals surface area contributed by atoms with Gasteiger partial charge in [0.1, 0.15) is 0 Å². The van der Waals surface area contributed by atoms with Gasteiger partial charge in [-0.25, -0.2) is 0 Å². The molecule has 0 saturated carbocycles. The van der Waals surface area contributed by atoms with E-state index in [1.54, 1.807) is 0 Å². The van der Waals surface area contributed by atoms with Crippen molar-refractivity contribution < 1.29 is 9.53 Å². The molecule has 1 amide bonds. The van der Waals surface area contributed by atoms with Gasteiger partial charge in [0.15, 0.2) is 0 Å². The van der Waals surface area contributed by atoms with Crippen LogP contribution in [-0.4, -0.2) is 43.2 Å². The summed E-state index contributed by atoms with van der Waals surface area (Å²) in [5.74, 6) is 0.0851. The smallest absolute Gasteiger partial charge is 0.253 e. The summed E-state index contributed by atoms with van der Waals surface area (Å²) < 4.78 is 5.62. The standard InChI is InChI=1S/C16H24N2O2/c1-2-18(12-15-7-4-10-20-15)16(19)14-6-3-5-13(11-14)8-9-17/h3,5-6,11,15H,2,4,7-10,12,17H2,1H3. The minimum atomic E-state index is 0.0851. The first kappa shape index (κ1) is 15.0. The van der Waals surface area contributed by atoms with Crippen molar-refractivity contribution in [3.63, 3.8) is 0 Å². The lowest BCUT2D eigenvalue weighted by Crippen LogP contribution is -2.37. The van der Waals surface area contributed by atoms with Gasteiger partial charge in [0.25, 0.3) is 5.91 Å². The van der Waals surface area contributed by atoms with Crippen molar-refractivity contribution in [3.05, 3.63) is 35.4 Å². The Kier molecular flexibility index (Phi) is 5.56. The topological polar surface area (TPSA) is 55.6 Å². The first-order valence-corrected chi connectivity index (χ1v) is 7.44. The van der Waals surface area contributed by atoms with E-state index in [0.29, 0.717) is 19.6 Å². The highest BCUT2D eigenvalue weighted by molar-refractivity contribution is 5.94. The molecule has 1 fully saturated rings. The van der Waals surface area contributed by atoms with Crippen molar-refractivity contribution in [1.82, 2.24) is 4.90 Å². The average molecular weight is 276 g/mol. The first-order valence-electron chi connectivity index (χ1n) is 7.44. The van der Waals surface area contributed by atoms with Crippen LogP contribution in [0.2, 0.25) is 0 Å². The molecule has 1 heterocycles. The molecule has 0 aliphatic carbocycles. The molecule has 1 saturated heterocycles. The van der Waals surface area contributed by atoms with Crippen LogP contribution in [-0.2, 0) is 11.2 Å². The van der Waals surface area contributed by atoms with E-state index in [0.717, 1.165) is 37.0 Å². The van der Waals surface area contributed by atoms with Crippen LogP contribution < -0.4 is 5.73 Å². The molecule has 1 unspecified atom stereocenters. The molecule has 2 N–H and O–H groups in total. The second kappa shape index (κ2) is 7.41. The maximum atomic E-state index is 12.6. The van der Waals surface area contributed by atoms with Gasteiger partial charge >= 0.3 is 0 Å². The molecule has 0 radical (unpaired) electrons. The fraction of sp³-hybridized carbons (Fsp3) is 0.562. The van der Waals surface area contributed by atoms with Crippen LogP contribution in [0.1, 0.15) is 35.7 Å². The Morgan fingerprint density at radius 3 is 3.00 bits per heavy atom. The summed E-state index contributed by atoms with van der Waals surface area (Å²) in [7, 11) is 0. The van der Waals surface area contributed by atoms with Crippen LogP contribution >= 0.6 is 0 Å². The molecule has 0 aromatic heterocycles. The number of hydrogen-bond donors (Lipinski definition) is 1. The second-order valence-electron chi connectivity index (χ2n) is 5.22. The van der Waals surface area contributed by atoms with Crippen LogP contribution in [0.25, 0.3) is 0 Å². The molecule has 1 aromatic carbocycles. The summed E-state index contributed by atoms with van der Waals surface area (Å²) in [5, 5.41) is 0. The molecule has 0 spiro atoms. The van der Waals surface area contributed by atoms with E-state index < -0.39 is 0 Å². The number of amides is 1. The number of nitrogens with zero attached hydrogens (tertiary/aromatic N) is 1. The molecule has 0 bridgehead atoms. The molecule has 4 heteroatoms. The lowest BCUT2D eigenvalue weighted by atomic mass is 10.1. The molecule has 20 heavy (non-hydrogen) atoms. The molecule has 1 aliphatic rings. The molecular weight excluding hydrogens is 252 g/mol. The molecule has 110 valence electrons. The van der Waals surface area contributed by atoms with E-state index in [4.69, 9.17) is 10.5 Å². The highest BCUT2D eigenvalue weighted by atomic mass is 16.5. The summed E-state index contributed by atoms with van der Waals surface area (Å²) in [6, 6.07) is 7.77. The number of rotatable bonds is 6. The van der Waals surface area contributed by atoms with Crippen molar-refractivity contribution in [1.29, 1.82) is 0 Å². The average Bonchev–Trinajstić information content (AvgIpc) is 2.98. The van der Waals surface area contributed by atoms with E-state index in [-0.39, 0.29) is 12.0 Å². The van der Waals surface area contributed by atoms with Gasteiger partial charge in [0.05, 0.1) is 6.10 Å². The van der Waals surface area contributed by atoms with Gasteiger partial charge in [-0.15, -0.1) is 0 Å². The minimum absolute atomic E-state index is 0.0851. The van der Waals surface area contributed by atoms with E-state index in [2.05, 4.69) is 0 Å². The molecule has 1 atom stereocenters. The maximum absolute atomic E-state index is 12.6. The zero-order chi connectivity index (χ0) is 14.4. The van der Waals surface area contributed by atoms with E-state index >= 15 is 0 Å². The number of likely N-dealkylation sites (N-methyl/N-ethyl adjacent to an activating group) is 1. The number of carbonyl (C=O) groups is 1. The highest BCUT2D eigenvalue weighted by Crippen LogP contribution is 2.15. The zero-order valence-electron chi connectivity index (χ0n) is 12.2. The van der Waals surface area contributed by atoms with Crippen LogP contribution in [0.3, 0.4) is 0 Å². The quantitative estimate of drug-likeness (QED) is 0.862. The zero-order valence-corrected chi connectivity index (χ0v) is 12.2. The monoisotopic (exact) mass is 276 g/mol. The summed E-state index contributed by atoms with van der Waals surface area (Å²) in [6.07, 6.45) is 3.16. The minimum Gasteiger partial charge on any atom is -0.376 e. The Morgan fingerprint density at radius 2 is 2.35 bits per heavy atom. The summed E-state index contributed by atoms with van der Waals surface area (Å²) >= 11 is 0. The number of nitrogens with two attached hydrogens (primary N) is 1. The summed E-state index contributed by atoms with van der Waals surface area (Å²) in [5.41, 5.74) is 7.43. The van der Waals surface area contributed by atoms with Gasteiger partial charge in [-0.1, -0.05) is 12.1 Å². The van der Waals surface area contributed by atoms with Gasteiger partial charge in [-0.2, -0.15) is 0 Å². The Bertz CT molecular complexity index is 442. The van der Waals surface area contributed by atoms with Gasteiger partial charge in [-0.3, -0.25) is 4.79 Å². The lowest BCUT2D eigenvalue weighted by molar-refractivity contribution is 0.0539. The van der Waals surface area contributed by atoms with Crippen molar-refractivity contribution in [3.8, 4) is 0 Å². The van der Waals surface area contributed by atoms with Crippen molar-refractivity contribution in [2.45, 2.75) is 32.3 Å². The normalized spacial score (nSPS) is 18.2. The molecule has 4 nitrogen and oxygen atoms in total. The van der Waals surface area contributed by atoms with E-state index in [9.17, 15) is 4.79 Å². The number of hydrogen-bond acceptors (Lipinski definition) is 3. The SMILES string of the molecule is CCN(CC1CCCO1)C(=O)c1cccc(CCN)c1. The molecular formula is C16H24N2O2. The van der Waals surface area contributed by atoms with Crippen LogP contribution in [0, 0.1) is 0 Å². The predicted octanol–water partition coefficient (Wildman–Crippen LogP) is 1.83. The Balaban J connectivity index is 2.04. The fourth-order valence-corrected chi connectivity index (χ4v) is 2.60. The number of benzene rings is 1. The predicted molar refractivity (Wildman–Crippen MR) is 79.8 cm³/mol. The third-order valence-electron chi connectivity index (χ3n) is 3.72. The van der Waals surface area contributed by atoms with E-state index in [1.807, 2.05) is 36.1 Å². The molecule has 1 aromatic rings. The summed E-state index contributed by atoms with van der Waals surface area (Å²) in [4.78, 5) is 14.4. The van der Waals surface area contributed by atoms with Crippen LogP contribution in [0.5, 0.6) is 0 Å². The van der Waals surface area contributed by atoms with Gasteiger partial charge < -0.3 is 15.4 Å². The van der Waals surface area contributed by atoms with Gasteiger partial charge in [0, 0.05) is 25.3 Å². The van der Waals surface area contributed by atoms with Gasteiger partial charge in [0.2, 0.25) is 0 Å². The largest absolute Gasteiger partial charge is 0.376 e. The third kappa shape index (κ3) is 3.81. The molecule has 1 aliphatic heterocycles. The second-order valence-corrected chi connectivity index (χ2v) is 5.22. The van der Waals surface area contributed by atoms with Crippen LogP contribution in [0.15, 0.2) is 24.3 Å². The van der Waals surface area contributed by atoms with E-state index in [1.165, 1.54) is 0 Å². The highest BCUT2D eigenvalue weighted by Gasteiger charge is 2.22. The Morgan fingerprint density at radius 1 is 1.50 bits per heavy atom. The van der Waals surface area contributed by atoms with Crippen molar-refractivity contribution >= 4 is 5.91 Å².